The number of carbonyl (C=O) groups is 3. The van der Waals surface area contributed by atoms with Gasteiger partial charge in [-0.25, -0.2) is 4.79 Å². The number of para-hydroxylation sites is 2. The van der Waals surface area contributed by atoms with E-state index in [0.29, 0.717) is 35.9 Å². The third kappa shape index (κ3) is 5.55. The van der Waals surface area contributed by atoms with E-state index in [1.165, 1.54) is 24.3 Å². The number of esters is 1. The number of ether oxygens (including phenoxy) is 3. The molecule has 0 spiro atoms. The van der Waals surface area contributed by atoms with Gasteiger partial charge in [0.1, 0.15) is 13.0 Å². The molecule has 0 bridgehead atoms. The predicted octanol–water partition coefficient (Wildman–Crippen LogP) is 3.84. The van der Waals surface area contributed by atoms with Gasteiger partial charge >= 0.3 is 5.97 Å². The average molecular weight is 488 g/mol. The van der Waals surface area contributed by atoms with E-state index in [0.717, 1.165) is 11.4 Å². The maximum Gasteiger partial charge on any atom is 0.338 e. The minimum atomic E-state index is -0.654. The largest absolute Gasteiger partial charge is 0.486 e. The molecule has 1 aliphatic rings. The molecule has 1 amide bonds. The Morgan fingerprint density at radius 1 is 1.11 bits per heavy atom. The van der Waals surface area contributed by atoms with Crippen LogP contribution < -0.4 is 14.8 Å². The van der Waals surface area contributed by atoms with Crippen molar-refractivity contribution in [3.8, 4) is 17.6 Å². The minimum Gasteiger partial charge on any atom is -0.486 e. The van der Waals surface area contributed by atoms with E-state index in [1.54, 1.807) is 12.1 Å². The molecule has 0 fully saturated rings. The van der Waals surface area contributed by atoms with E-state index in [4.69, 9.17) is 19.5 Å². The van der Waals surface area contributed by atoms with E-state index in [2.05, 4.69) is 5.32 Å². The van der Waals surface area contributed by atoms with Crippen LogP contribution in [-0.2, 0) is 16.1 Å². The number of fused-ring (bicyclic) bond motifs is 1. The number of ketones is 1. The molecular formula is C27H25N3O6. The highest BCUT2D eigenvalue weighted by molar-refractivity contribution is 6.00. The summed E-state index contributed by atoms with van der Waals surface area (Å²) < 4.78 is 19.1. The summed E-state index contributed by atoms with van der Waals surface area (Å²) in [6.07, 6.45) is -0.472. The van der Waals surface area contributed by atoms with Crippen LogP contribution in [-0.4, -0.2) is 41.5 Å². The molecule has 1 aromatic heterocycles. The number of rotatable bonds is 8. The van der Waals surface area contributed by atoms with Gasteiger partial charge in [-0.05, 0) is 56.3 Å². The monoisotopic (exact) mass is 487 g/mol. The molecular weight excluding hydrogens is 462 g/mol. The summed E-state index contributed by atoms with van der Waals surface area (Å²) in [5, 5.41) is 11.1. The summed E-state index contributed by atoms with van der Waals surface area (Å²) in [6, 6.07) is 17.0. The Kier molecular flexibility index (Phi) is 7.35. The fourth-order valence-electron chi connectivity index (χ4n) is 3.98. The van der Waals surface area contributed by atoms with E-state index in [9.17, 15) is 14.4 Å². The number of aromatic nitrogens is 1. The molecule has 2 heterocycles. The molecule has 0 saturated carbocycles. The average Bonchev–Trinajstić information content (AvgIpc) is 3.16. The Morgan fingerprint density at radius 2 is 1.83 bits per heavy atom. The molecule has 9 heteroatoms. The van der Waals surface area contributed by atoms with Crippen molar-refractivity contribution in [3.63, 3.8) is 0 Å². The zero-order chi connectivity index (χ0) is 25.7. The van der Waals surface area contributed by atoms with Crippen molar-refractivity contribution in [3.05, 3.63) is 77.1 Å². The predicted molar refractivity (Wildman–Crippen MR) is 130 cm³/mol. The number of Topliss-reactive ketones (excluding diaryl/α,β-unsaturated/α-hetero) is 1. The van der Waals surface area contributed by atoms with Crippen LogP contribution in [0, 0.1) is 25.2 Å². The van der Waals surface area contributed by atoms with Crippen molar-refractivity contribution in [2.75, 3.05) is 18.5 Å². The number of aryl methyl sites for hydroxylation is 1. The normalized spacial score (nSPS) is 14.0. The Balaban J connectivity index is 1.35. The minimum absolute atomic E-state index is 0.210. The summed E-state index contributed by atoms with van der Waals surface area (Å²) in [6.45, 7) is 4.26. The molecule has 3 aromatic rings. The Labute approximate surface area is 208 Å². The number of carbonyl (C=O) groups excluding carboxylic acids is 3. The van der Waals surface area contributed by atoms with Crippen molar-refractivity contribution < 1.29 is 28.6 Å². The van der Waals surface area contributed by atoms with Crippen LogP contribution >= 0.6 is 0 Å². The number of anilines is 1. The Hall–Kier alpha value is -4.58. The van der Waals surface area contributed by atoms with E-state index < -0.39 is 18.5 Å². The SMILES string of the molecule is Cc1cc(C(=O)COC(=O)c2ccc(NC(=O)CC#N)cc2)c(C)n1C[C@@H]1COc2ccccc2O1. The lowest BCUT2D eigenvalue weighted by Crippen LogP contribution is -2.33. The van der Waals surface area contributed by atoms with E-state index >= 15 is 0 Å². The van der Waals surface area contributed by atoms with Crippen molar-refractivity contribution in [2.45, 2.75) is 32.9 Å². The maximum atomic E-state index is 12.8. The first kappa shape index (κ1) is 24.5. The first-order chi connectivity index (χ1) is 17.4. The smallest absolute Gasteiger partial charge is 0.338 e. The van der Waals surface area contributed by atoms with E-state index in [1.807, 2.05) is 42.7 Å². The second-order valence-electron chi connectivity index (χ2n) is 8.35. The van der Waals surface area contributed by atoms with Crippen LogP contribution in [0.5, 0.6) is 11.5 Å². The number of amides is 1. The molecule has 1 atom stereocenters. The van der Waals surface area contributed by atoms with Gasteiger partial charge in [0.2, 0.25) is 11.7 Å². The topological polar surface area (TPSA) is 120 Å². The Bertz CT molecular complexity index is 1340. The van der Waals surface area contributed by atoms with Crippen LogP contribution in [0.4, 0.5) is 5.69 Å². The number of benzene rings is 2. The number of hydrogen-bond donors (Lipinski definition) is 1. The first-order valence-corrected chi connectivity index (χ1v) is 11.4. The molecule has 0 unspecified atom stereocenters. The lowest BCUT2D eigenvalue weighted by atomic mass is 10.1. The molecule has 36 heavy (non-hydrogen) atoms. The molecule has 4 rings (SSSR count). The number of hydrogen-bond acceptors (Lipinski definition) is 7. The van der Waals surface area contributed by atoms with Crippen LogP contribution in [0.15, 0.2) is 54.6 Å². The van der Waals surface area contributed by atoms with E-state index in [-0.39, 0.29) is 23.9 Å². The van der Waals surface area contributed by atoms with Gasteiger partial charge in [0, 0.05) is 22.6 Å². The van der Waals surface area contributed by atoms with Crippen molar-refractivity contribution in [1.82, 2.24) is 4.57 Å². The number of nitrogens with one attached hydrogen (secondary N) is 1. The summed E-state index contributed by atoms with van der Waals surface area (Å²) >= 11 is 0. The van der Waals surface area contributed by atoms with Gasteiger partial charge in [-0.1, -0.05) is 12.1 Å². The Morgan fingerprint density at radius 3 is 2.56 bits per heavy atom. The second-order valence-corrected chi connectivity index (χ2v) is 8.35. The third-order valence-electron chi connectivity index (χ3n) is 5.81. The fraction of sp³-hybridized carbons (Fsp3) is 0.259. The van der Waals surface area contributed by atoms with Crippen molar-refractivity contribution in [2.24, 2.45) is 0 Å². The zero-order valence-corrected chi connectivity index (χ0v) is 19.9. The first-order valence-electron chi connectivity index (χ1n) is 11.4. The van der Waals surface area contributed by atoms with Crippen LogP contribution in [0.3, 0.4) is 0 Å². The quantitative estimate of drug-likeness (QED) is 0.379. The molecule has 0 aliphatic carbocycles. The highest BCUT2D eigenvalue weighted by atomic mass is 16.6. The molecule has 9 nitrogen and oxygen atoms in total. The molecule has 1 N–H and O–H groups in total. The van der Waals surface area contributed by atoms with Gasteiger partial charge in [0.15, 0.2) is 24.2 Å². The second kappa shape index (κ2) is 10.8. The summed E-state index contributed by atoms with van der Waals surface area (Å²) in [5.74, 6) is -0.00100. The van der Waals surface area contributed by atoms with Gasteiger partial charge in [-0.3, -0.25) is 9.59 Å². The zero-order valence-electron chi connectivity index (χ0n) is 19.9. The van der Waals surface area contributed by atoms with Gasteiger partial charge in [-0.2, -0.15) is 5.26 Å². The summed E-state index contributed by atoms with van der Waals surface area (Å²) in [5.41, 5.74) is 2.81. The van der Waals surface area contributed by atoms with Crippen molar-refractivity contribution in [1.29, 1.82) is 5.26 Å². The van der Waals surface area contributed by atoms with Gasteiger partial charge in [-0.15, -0.1) is 0 Å². The van der Waals surface area contributed by atoms with Crippen LogP contribution in [0.1, 0.15) is 38.5 Å². The van der Waals surface area contributed by atoms with Crippen molar-refractivity contribution >= 4 is 23.3 Å². The summed E-state index contributed by atoms with van der Waals surface area (Å²) in [7, 11) is 0. The lowest BCUT2D eigenvalue weighted by Gasteiger charge is -2.27. The molecule has 1 aliphatic heterocycles. The number of nitrogens with zero attached hydrogens (tertiary/aromatic N) is 2. The maximum absolute atomic E-state index is 12.8. The standard InChI is InChI=1S/C27H25N3O6/c1-17-13-22(18(2)30(17)14-21-15-34-24-5-3-4-6-25(24)36-21)23(31)16-35-27(33)19-7-9-20(10-8-19)29-26(32)11-12-28/h3-10,13,21H,11,14-16H2,1-2H3,(H,29,32)/t21-/m1/s1. The van der Waals surface area contributed by atoms with Crippen LogP contribution in [0.2, 0.25) is 0 Å². The molecule has 2 aromatic carbocycles. The highest BCUT2D eigenvalue weighted by Gasteiger charge is 2.24. The van der Waals surface area contributed by atoms with Gasteiger partial charge in [0.05, 0.1) is 18.2 Å². The lowest BCUT2D eigenvalue weighted by molar-refractivity contribution is -0.115. The van der Waals surface area contributed by atoms with Crippen LogP contribution in [0.25, 0.3) is 0 Å². The van der Waals surface area contributed by atoms with Gasteiger partial charge < -0.3 is 24.1 Å². The van der Waals surface area contributed by atoms with Gasteiger partial charge in [0.25, 0.3) is 0 Å². The number of nitriles is 1. The summed E-state index contributed by atoms with van der Waals surface area (Å²) in [4.78, 5) is 36.7. The molecule has 0 radical (unpaired) electrons. The molecule has 0 saturated heterocycles. The highest BCUT2D eigenvalue weighted by Crippen LogP contribution is 2.31. The molecule has 184 valence electrons. The fourth-order valence-corrected chi connectivity index (χ4v) is 3.98. The third-order valence-corrected chi connectivity index (χ3v) is 5.81.